The van der Waals surface area contributed by atoms with Crippen LogP contribution in [-0.4, -0.2) is 32.5 Å². The number of rotatable bonds is 8. The van der Waals surface area contributed by atoms with E-state index in [1.54, 1.807) is 16.4 Å². The number of hydrogen-bond donors (Lipinski definition) is 1. The van der Waals surface area contributed by atoms with E-state index in [2.05, 4.69) is 20.8 Å². The van der Waals surface area contributed by atoms with Crippen LogP contribution in [0.15, 0.2) is 82.4 Å². The molecule has 0 aliphatic rings. The van der Waals surface area contributed by atoms with Crippen LogP contribution in [0, 0.1) is 0 Å². The number of tetrazole rings is 1. The lowest BCUT2D eigenvalue weighted by Crippen LogP contribution is -2.16. The number of para-hydroxylation sites is 1. The van der Waals surface area contributed by atoms with Crippen molar-refractivity contribution >= 4 is 24.2 Å². The normalized spacial score (nSPS) is 10.6. The van der Waals surface area contributed by atoms with Gasteiger partial charge in [-0.1, -0.05) is 60.3 Å². The first-order chi connectivity index (χ1) is 13.4. The lowest BCUT2D eigenvalue weighted by atomic mass is 10.2. The predicted octanol–water partition coefficient (Wildman–Crippen LogP) is 4.23. The molecule has 2 aromatic heterocycles. The number of nitrogens with one attached hydrogen (secondary N) is 1. The fourth-order valence-electron chi connectivity index (χ4n) is 2.66. The average molecular weight is 414 g/mol. The minimum atomic E-state index is 0. The van der Waals surface area contributed by atoms with E-state index in [0.29, 0.717) is 6.54 Å². The maximum atomic E-state index is 5.89. The van der Waals surface area contributed by atoms with Crippen molar-refractivity contribution in [3.8, 4) is 17.0 Å². The molecule has 0 amide bonds. The van der Waals surface area contributed by atoms with Gasteiger partial charge in [0.1, 0.15) is 11.5 Å². The summed E-state index contributed by atoms with van der Waals surface area (Å²) in [4.78, 5) is 0. The van der Waals surface area contributed by atoms with Crippen LogP contribution in [0.2, 0.25) is 0 Å². The molecule has 0 bridgehead atoms. The summed E-state index contributed by atoms with van der Waals surface area (Å²) < 4.78 is 7.65. The van der Waals surface area contributed by atoms with Crippen molar-refractivity contribution < 1.29 is 4.42 Å². The molecule has 0 fully saturated rings. The molecule has 0 unspecified atom stereocenters. The van der Waals surface area contributed by atoms with E-state index < -0.39 is 0 Å². The number of furan rings is 1. The third-order valence-corrected chi connectivity index (χ3v) is 4.89. The third-order valence-electron chi connectivity index (χ3n) is 3.97. The van der Waals surface area contributed by atoms with Gasteiger partial charge in [0.05, 0.1) is 12.2 Å². The third kappa shape index (κ3) is 5.01. The van der Waals surface area contributed by atoms with Crippen LogP contribution in [0.25, 0.3) is 17.0 Å². The van der Waals surface area contributed by atoms with Gasteiger partial charge in [0.15, 0.2) is 0 Å². The zero-order valence-electron chi connectivity index (χ0n) is 15.1. The highest BCUT2D eigenvalue weighted by Gasteiger charge is 2.08. The Morgan fingerprint density at radius 3 is 2.46 bits per heavy atom. The lowest BCUT2D eigenvalue weighted by Gasteiger charge is -2.04. The molecule has 0 aliphatic heterocycles. The first-order valence-electron chi connectivity index (χ1n) is 8.71. The van der Waals surface area contributed by atoms with Gasteiger partial charge in [0, 0.05) is 17.9 Å². The summed E-state index contributed by atoms with van der Waals surface area (Å²) in [5.74, 6) is 2.68. The molecule has 0 saturated carbocycles. The first kappa shape index (κ1) is 20.1. The Morgan fingerprint density at radius 1 is 0.929 bits per heavy atom. The van der Waals surface area contributed by atoms with E-state index in [0.717, 1.165) is 40.2 Å². The van der Waals surface area contributed by atoms with Gasteiger partial charge in [-0.3, -0.25) is 0 Å². The SMILES string of the molecule is Cl.c1ccc(-c2ccc(CNCCSc3nnnn3-c3ccccc3)o2)cc1. The lowest BCUT2D eigenvalue weighted by molar-refractivity contribution is 0.499. The van der Waals surface area contributed by atoms with Crippen molar-refractivity contribution in [1.82, 2.24) is 25.5 Å². The molecule has 0 saturated heterocycles. The standard InChI is InChI=1S/C20H19N5OS.ClH/c1-3-7-16(8-4-1)19-12-11-18(26-19)15-21-13-14-27-20-22-23-24-25(20)17-9-5-2-6-10-17;/h1-12,21H,13-15H2;1H. The molecular weight excluding hydrogens is 394 g/mol. The molecule has 0 aliphatic carbocycles. The summed E-state index contributed by atoms with van der Waals surface area (Å²) in [5, 5.41) is 16.1. The zero-order chi connectivity index (χ0) is 18.3. The van der Waals surface area contributed by atoms with Crippen LogP contribution in [-0.2, 0) is 6.54 Å². The molecule has 28 heavy (non-hydrogen) atoms. The van der Waals surface area contributed by atoms with E-state index in [-0.39, 0.29) is 12.4 Å². The fraction of sp³-hybridized carbons (Fsp3) is 0.150. The van der Waals surface area contributed by atoms with E-state index in [1.165, 1.54) is 0 Å². The quantitative estimate of drug-likeness (QED) is 0.344. The minimum Gasteiger partial charge on any atom is -0.460 e. The Kier molecular flexibility index (Phi) is 7.25. The summed E-state index contributed by atoms with van der Waals surface area (Å²) in [7, 11) is 0. The number of thioether (sulfide) groups is 1. The van der Waals surface area contributed by atoms with Gasteiger partial charge >= 0.3 is 0 Å². The van der Waals surface area contributed by atoms with Gasteiger partial charge in [-0.25, -0.2) is 0 Å². The Balaban J connectivity index is 0.00000225. The Labute approximate surface area is 173 Å². The molecule has 0 atom stereocenters. The molecule has 2 aromatic carbocycles. The van der Waals surface area contributed by atoms with E-state index in [1.807, 2.05) is 72.8 Å². The number of benzene rings is 2. The topological polar surface area (TPSA) is 68.8 Å². The van der Waals surface area contributed by atoms with Gasteiger partial charge in [-0.05, 0) is 34.7 Å². The van der Waals surface area contributed by atoms with Crippen molar-refractivity contribution in [1.29, 1.82) is 0 Å². The summed E-state index contributed by atoms with van der Waals surface area (Å²) in [5.41, 5.74) is 2.05. The van der Waals surface area contributed by atoms with Crippen LogP contribution < -0.4 is 5.32 Å². The second-order valence-corrected chi connectivity index (χ2v) is 6.93. The molecule has 0 spiro atoms. The number of aromatic nitrogens is 4. The molecule has 1 N–H and O–H groups in total. The van der Waals surface area contributed by atoms with Crippen LogP contribution in [0.4, 0.5) is 0 Å². The summed E-state index contributed by atoms with van der Waals surface area (Å²) in [6.07, 6.45) is 0. The number of hydrogen-bond acceptors (Lipinski definition) is 6. The smallest absolute Gasteiger partial charge is 0.214 e. The van der Waals surface area contributed by atoms with Gasteiger partial charge in [0.25, 0.3) is 0 Å². The minimum absolute atomic E-state index is 0. The molecule has 0 radical (unpaired) electrons. The van der Waals surface area contributed by atoms with Gasteiger partial charge in [-0.15, -0.1) is 17.5 Å². The van der Waals surface area contributed by atoms with E-state index in [4.69, 9.17) is 4.42 Å². The highest BCUT2D eigenvalue weighted by atomic mass is 35.5. The maximum Gasteiger partial charge on any atom is 0.214 e. The predicted molar refractivity (Wildman–Crippen MR) is 113 cm³/mol. The number of nitrogens with zero attached hydrogens (tertiary/aromatic N) is 4. The maximum absolute atomic E-state index is 5.89. The van der Waals surface area contributed by atoms with E-state index >= 15 is 0 Å². The van der Waals surface area contributed by atoms with Crippen molar-refractivity contribution in [3.05, 3.63) is 78.6 Å². The van der Waals surface area contributed by atoms with Crippen molar-refractivity contribution in [2.45, 2.75) is 11.7 Å². The molecular formula is C20H20ClN5OS. The fourth-order valence-corrected chi connectivity index (χ4v) is 3.44. The van der Waals surface area contributed by atoms with Crippen LogP contribution >= 0.6 is 24.2 Å². The van der Waals surface area contributed by atoms with Crippen LogP contribution in [0.3, 0.4) is 0 Å². The molecule has 4 aromatic rings. The molecule has 8 heteroatoms. The second kappa shape index (κ2) is 10.1. The Morgan fingerprint density at radius 2 is 1.68 bits per heavy atom. The second-order valence-electron chi connectivity index (χ2n) is 5.87. The molecule has 2 heterocycles. The molecule has 6 nitrogen and oxygen atoms in total. The zero-order valence-corrected chi connectivity index (χ0v) is 16.7. The van der Waals surface area contributed by atoms with E-state index in [9.17, 15) is 0 Å². The van der Waals surface area contributed by atoms with Gasteiger partial charge in [-0.2, -0.15) is 4.68 Å². The molecule has 144 valence electrons. The monoisotopic (exact) mass is 413 g/mol. The Bertz CT molecular complexity index is 974. The largest absolute Gasteiger partial charge is 0.460 e. The first-order valence-corrected chi connectivity index (χ1v) is 9.70. The van der Waals surface area contributed by atoms with Crippen LogP contribution in [0.5, 0.6) is 0 Å². The van der Waals surface area contributed by atoms with Crippen molar-refractivity contribution in [2.75, 3.05) is 12.3 Å². The van der Waals surface area contributed by atoms with Crippen molar-refractivity contribution in [2.24, 2.45) is 0 Å². The summed E-state index contributed by atoms with van der Waals surface area (Å²) in [6, 6.07) is 24.0. The van der Waals surface area contributed by atoms with Gasteiger partial charge < -0.3 is 9.73 Å². The van der Waals surface area contributed by atoms with Crippen molar-refractivity contribution in [3.63, 3.8) is 0 Å². The average Bonchev–Trinajstić information content (AvgIpc) is 3.39. The highest BCUT2D eigenvalue weighted by Crippen LogP contribution is 2.21. The highest BCUT2D eigenvalue weighted by molar-refractivity contribution is 7.99. The summed E-state index contributed by atoms with van der Waals surface area (Å²) in [6.45, 7) is 1.52. The van der Waals surface area contributed by atoms with Gasteiger partial charge in [0.2, 0.25) is 5.16 Å². The van der Waals surface area contributed by atoms with Crippen LogP contribution in [0.1, 0.15) is 5.76 Å². The Hall–Kier alpha value is -2.61. The number of halogens is 1. The molecule has 4 rings (SSSR count). The summed E-state index contributed by atoms with van der Waals surface area (Å²) >= 11 is 1.62.